The van der Waals surface area contributed by atoms with Crippen LogP contribution >= 0.6 is 0 Å². The molecule has 0 fully saturated rings. The monoisotopic (exact) mass is 301 g/mol. The first kappa shape index (κ1) is 19.5. The largest absolute Gasteiger partial charge is 0.444 e. The fourth-order valence-corrected chi connectivity index (χ4v) is 1.69. The van der Waals surface area contributed by atoms with Gasteiger partial charge >= 0.3 is 12.1 Å². The van der Waals surface area contributed by atoms with Crippen LogP contribution in [0.5, 0.6) is 0 Å². The maximum Gasteiger partial charge on any atom is 0.407 e. The van der Waals surface area contributed by atoms with Crippen LogP contribution in [0.4, 0.5) is 9.59 Å². The van der Waals surface area contributed by atoms with Crippen molar-refractivity contribution < 1.29 is 14.3 Å². The highest BCUT2D eigenvalue weighted by molar-refractivity contribution is 5.74. The Balaban J connectivity index is 3.92. The standard InChI is InChI=1S/C15H31N3O3/c1-6-8-12-18(11-7-2)13(19)16-9-10-17-14(20)21-15(3,4)5/h6-12H2,1-5H3,(H,16,19)(H,17,20). The Bertz CT molecular complexity index is 314. The Kier molecular flexibility index (Phi) is 9.58. The van der Waals surface area contributed by atoms with Crippen LogP contribution in [0.3, 0.4) is 0 Å². The molecule has 124 valence electrons. The number of nitrogens with zero attached hydrogens (tertiary/aromatic N) is 1. The Morgan fingerprint density at radius 3 is 2.14 bits per heavy atom. The smallest absolute Gasteiger partial charge is 0.407 e. The van der Waals surface area contributed by atoms with E-state index in [2.05, 4.69) is 24.5 Å². The molecule has 0 atom stereocenters. The van der Waals surface area contributed by atoms with Crippen LogP contribution in [0.2, 0.25) is 0 Å². The third-order valence-corrected chi connectivity index (χ3v) is 2.63. The average molecular weight is 301 g/mol. The van der Waals surface area contributed by atoms with Crippen molar-refractivity contribution in [2.24, 2.45) is 0 Å². The third kappa shape index (κ3) is 10.9. The Morgan fingerprint density at radius 1 is 1.00 bits per heavy atom. The summed E-state index contributed by atoms with van der Waals surface area (Å²) in [4.78, 5) is 25.2. The predicted molar refractivity (Wildman–Crippen MR) is 84.4 cm³/mol. The second-order valence-corrected chi connectivity index (χ2v) is 6.00. The summed E-state index contributed by atoms with van der Waals surface area (Å²) < 4.78 is 5.11. The van der Waals surface area contributed by atoms with Gasteiger partial charge in [-0.2, -0.15) is 0 Å². The van der Waals surface area contributed by atoms with E-state index in [1.165, 1.54) is 0 Å². The molecular formula is C15H31N3O3. The number of rotatable bonds is 8. The number of alkyl carbamates (subject to hydrolysis) is 1. The number of amides is 3. The number of nitrogens with one attached hydrogen (secondary N) is 2. The van der Waals surface area contributed by atoms with Crippen LogP contribution < -0.4 is 10.6 Å². The molecule has 0 heterocycles. The van der Waals surface area contributed by atoms with Gasteiger partial charge in [0.1, 0.15) is 5.60 Å². The molecular weight excluding hydrogens is 270 g/mol. The van der Waals surface area contributed by atoms with Crippen molar-refractivity contribution in [3.8, 4) is 0 Å². The lowest BCUT2D eigenvalue weighted by Gasteiger charge is -2.23. The summed E-state index contributed by atoms with van der Waals surface area (Å²) in [6.07, 6.45) is 2.54. The number of hydrogen-bond acceptors (Lipinski definition) is 3. The van der Waals surface area contributed by atoms with Gasteiger partial charge in [0.15, 0.2) is 0 Å². The van der Waals surface area contributed by atoms with Crippen molar-refractivity contribution in [1.82, 2.24) is 15.5 Å². The molecule has 3 amide bonds. The number of carbonyl (C=O) groups excluding carboxylic acids is 2. The lowest BCUT2D eigenvalue weighted by Crippen LogP contribution is -2.44. The molecule has 6 heteroatoms. The van der Waals surface area contributed by atoms with E-state index in [1.54, 1.807) is 0 Å². The van der Waals surface area contributed by atoms with E-state index in [0.29, 0.717) is 13.1 Å². The molecule has 0 saturated heterocycles. The number of hydrogen-bond donors (Lipinski definition) is 2. The molecule has 0 aliphatic heterocycles. The minimum Gasteiger partial charge on any atom is -0.444 e. The summed E-state index contributed by atoms with van der Waals surface area (Å²) in [6, 6.07) is -0.0729. The van der Waals surface area contributed by atoms with Crippen LogP contribution in [0.1, 0.15) is 53.9 Å². The molecule has 0 aliphatic carbocycles. The zero-order valence-corrected chi connectivity index (χ0v) is 14.1. The molecule has 0 radical (unpaired) electrons. The molecule has 0 aromatic carbocycles. The maximum atomic E-state index is 12.0. The molecule has 0 aliphatic rings. The molecule has 0 bridgehead atoms. The molecule has 6 nitrogen and oxygen atoms in total. The van der Waals surface area contributed by atoms with E-state index in [-0.39, 0.29) is 6.03 Å². The first-order valence-corrected chi connectivity index (χ1v) is 7.79. The first-order chi connectivity index (χ1) is 9.80. The zero-order chi connectivity index (χ0) is 16.3. The lowest BCUT2D eigenvalue weighted by molar-refractivity contribution is 0.0528. The fraction of sp³-hybridized carbons (Fsp3) is 0.867. The molecule has 0 unspecified atom stereocenters. The summed E-state index contributed by atoms with van der Waals surface area (Å²) in [5.74, 6) is 0. The van der Waals surface area contributed by atoms with Gasteiger partial charge in [0.05, 0.1) is 0 Å². The molecule has 0 spiro atoms. The van der Waals surface area contributed by atoms with Gasteiger partial charge in [0.25, 0.3) is 0 Å². The van der Waals surface area contributed by atoms with Crippen molar-refractivity contribution in [2.45, 2.75) is 59.5 Å². The quantitative estimate of drug-likeness (QED) is 0.677. The van der Waals surface area contributed by atoms with Gasteiger partial charge in [-0.15, -0.1) is 0 Å². The molecule has 0 aromatic heterocycles. The zero-order valence-electron chi connectivity index (χ0n) is 14.1. The Labute approximate surface area is 128 Å². The van der Waals surface area contributed by atoms with Gasteiger partial charge in [-0.1, -0.05) is 20.3 Å². The van der Waals surface area contributed by atoms with E-state index >= 15 is 0 Å². The maximum absolute atomic E-state index is 12.0. The van der Waals surface area contributed by atoms with Crippen molar-refractivity contribution in [3.63, 3.8) is 0 Å². The molecule has 0 aromatic rings. The second-order valence-electron chi connectivity index (χ2n) is 6.00. The highest BCUT2D eigenvalue weighted by atomic mass is 16.6. The Hall–Kier alpha value is -1.46. The van der Waals surface area contributed by atoms with Gasteiger partial charge in [0.2, 0.25) is 0 Å². The summed E-state index contributed by atoms with van der Waals surface area (Å²) in [5.41, 5.74) is -0.509. The third-order valence-electron chi connectivity index (χ3n) is 2.63. The van der Waals surface area contributed by atoms with Crippen LogP contribution in [0.25, 0.3) is 0 Å². The number of urea groups is 1. The van der Waals surface area contributed by atoms with Crippen LogP contribution in [0.15, 0.2) is 0 Å². The normalized spacial score (nSPS) is 10.9. The van der Waals surface area contributed by atoms with Crippen LogP contribution in [-0.4, -0.2) is 48.8 Å². The topological polar surface area (TPSA) is 70.7 Å². The fourth-order valence-electron chi connectivity index (χ4n) is 1.69. The van der Waals surface area contributed by atoms with Crippen LogP contribution in [0, 0.1) is 0 Å². The van der Waals surface area contributed by atoms with Crippen molar-refractivity contribution >= 4 is 12.1 Å². The minimum absolute atomic E-state index is 0.0729. The van der Waals surface area contributed by atoms with Crippen LogP contribution in [-0.2, 0) is 4.74 Å². The van der Waals surface area contributed by atoms with E-state index in [4.69, 9.17) is 4.74 Å². The van der Waals surface area contributed by atoms with Gasteiger partial charge in [-0.05, 0) is 33.6 Å². The van der Waals surface area contributed by atoms with Gasteiger partial charge < -0.3 is 20.3 Å². The van der Waals surface area contributed by atoms with Crippen molar-refractivity contribution in [2.75, 3.05) is 26.2 Å². The molecule has 0 saturated carbocycles. The Morgan fingerprint density at radius 2 is 1.62 bits per heavy atom. The second kappa shape index (κ2) is 10.3. The van der Waals surface area contributed by atoms with E-state index < -0.39 is 11.7 Å². The number of ether oxygens (including phenoxy) is 1. The summed E-state index contributed by atoms with van der Waals surface area (Å²) in [5, 5.41) is 5.43. The molecule has 2 N–H and O–H groups in total. The van der Waals surface area contributed by atoms with Crippen molar-refractivity contribution in [3.05, 3.63) is 0 Å². The summed E-state index contributed by atoms with van der Waals surface area (Å²) in [6.45, 7) is 11.9. The van der Waals surface area contributed by atoms with Gasteiger partial charge in [0, 0.05) is 26.2 Å². The minimum atomic E-state index is -0.509. The summed E-state index contributed by atoms with van der Waals surface area (Å²) >= 11 is 0. The highest BCUT2D eigenvalue weighted by Gasteiger charge is 2.16. The first-order valence-electron chi connectivity index (χ1n) is 7.79. The van der Waals surface area contributed by atoms with E-state index in [0.717, 1.165) is 32.4 Å². The van der Waals surface area contributed by atoms with Gasteiger partial charge in [-0.25, -0.2) is 9.59 Å². The summed E-state index contributed by atoms with van der Waals surface area (Å²) in [7, 11) is 0. The number of unbranched alkanes of at least 4 members (excludes halogenated alkanes) is 1. The number of carbonyl (C=O) groups is 2. The van der Waals surface area contributed by atoms with E-state index in [9.17, 15) is 9.59 Å². The SMILES string of the molecule is CCCCN(CCC)C(=O)NCCNC(=O)OC(C)(C)C. The molecule has 0 rings (SSSR count). The lowest BCUT2D eigenvalue weighted by atomic mass is 10.2. The molecule has 21 heavy (non-hydrogen) atoms. The average Bonchev–Trinajstić information content (AvgIpc) is 2.37. The predicted octanol–water partition coefficient (Wildman–Crippen LogP) is 2.73. The van der Waals surface area contributed by atoms with E-state index in [1.807, 2.05) is 25.7 Å². The van der Waals surface area contributed by atoms with Gasteiger partial charge in [-0.3, -0.25) is 0 Å². The highest BCUT2D eigenvalue weighted by Crippen LogP contribution is 2.06. The van der Waals surface area contributed by atoms with Crippen molar-refractivity contribution in [1.29, 1.82) is 0 Å².